The number of likely N-dealkylation sites (tertiary alicyclic amines) is 1. The van der Waals surface area contributed by atoms with Crippen LogP contribution in [-0.2, 0) is 4.79 Å². The molecule has 0 spiro atoms. The van der Waals surface area contributed by atoms with Crippen molar-refractivity contribution in [2.75, 3.05) is 13.1 Å². The Morgan fingerprint density at radius 3 is 2.76 bits per heavy atom. The second kappa shape index (κ2) is 7.35. The standard InChI is InChI=1S/C19H20BrN3O2/c1-12-16(19(25)23-9-3-5-14(11-23)18(21)24)7-8-17(22-12)13-4-2-6-15(20)10-13/h2,4,6-8,10,14H,3,5,9,11H2,1H3,(H2,21,24). The Bertz CT molecular complexity index is 822. The van der Waals surface area contributed by atoms with Gasteiger partial charge >= 0.3 is 0 Å². The second-order valence-electron chi connectivity index (χ2n) is 6.33. The first-order valence-electron chi connectivity index (χ1n) is 8.28. The Morgan fingerprint density at radius 1 is 1.28 bits per heavy atom. The first-order chi connectivity index (χ1) is 12.0. The normalized spacial score (nSPS) is 17.4. The number of halogens is 1. The van der Waals surface area contributed by atoms with Crippen molar-refractivity contribution < 1.29 is 9.59 Å². The Balaban J connectivity index is 1.83. The number of carbonyl (C=O) groups excluding carboxylic acids is 2. The minimum Gasteiger partial charge on any atom is -0.369 e. The zero-order valence-electron chi connectivity index (χ0n) is 14.0. The van der Waals surface area contributed by atoms with Crippen molar-refractivity contribution in [2.45, 2.75) is 19.8 Å². The molecule has 6 heteroatoms. The number of rotatable bonds is 3. The van der Waals surface area contributed by atoms with Gasteiger partial charge in [-0.2, -0.15) is 0 Å². The highest BCUT2D eigenvalue weighted by Gasteiger charge is 2.28. The SMILES string of the molecule is Cc1nc(-c2cccc(Br)c2)ccc1C(=O)N1CCCC(C(N)=O)C1. The monoisotopic (exact) mass is 401 g/mol. The maximum atomic E-state index is 12.8. The highest BCUT2D eigenvalue weighted by Crippen LogP contribution is 2.24. The van der Waals surface area contributed by atoms with Crippen LogP contribution in [0.4, 0.5) is 0 Å². The molecule has 3 rings (SSSR count). The fourth-order valence-electron chi connectivity index (χ4n) is 3.16. The summed E-state index contributed by atoms with van der Waals surface area (Å²) >= 11 is 3.46. The number of hydrogen-bond donors (Lipinski definition) is 1. The van der Waals surface area contributed by atoms with E-state index in [0.29, 0.717) is 24.3 Å². The van der Waals surface area contributed by atoms with Gasteiger partial charge < -0.3 is 10.6 Å². The van der Waals surface area contributed by atoms with E-state index in [1.807, 2.05) is 43.3 Å². The highest BCUT2D eigenvalue weighted by molar-refractivity contribution is 9.10. The predicted octanol–water partition coefficient (Wildman–Crippen LogP) is 3.16. The molecule has 1 aliphatic heterocycles. The molecular formula is C19H20BrN3O2. The lowest BCUT2D eigenvalue weighted by Gasteiger charge is -2.31. The lowest BCUT2D eigenvalue weighted by Crippen LogP contribution is -2.44. The zero-order valence-corrected chi connectivity index (χ0v) is 15.6. The van der Waals surface area contributed by atoms with Gasteiger partial charge in [0.25, 0.3) is 5.91 Å². The molecule has 2 N–H and O–H groups in total. The van der Waals surface area contributed by atoms with Crippen LogP contribution in [0.1, 0.15) is 28.9 Å². The number of pyridine rings is 1. The summed E-state index contributed by atoms with van der Waals surface area (Å²) in [5.41, 5.74) is 8.47. The van der Waals surface area contributed by atoms with Crippen molar-refractivity contribution in [1.29, 1.82) is 0 Å². The van der Waals surface area contributed by atoms with Gasteiger partial charge in [-0.3, -0.25) is 14.6 Å². The van der Waals surface area contributed by atoms with Crippen molar-refractivity contribution in [3.05, 3.63) is 52.1 Å². The molecule has 0 saturated carbocycles. The largest absolute Gasteiger partial charge is 0.369 e. The Morgan fingerprint density at radius 2 is 2.08 bits per heavy atom. The summed E-state index contributed by atoms with van der Waals surface area (Å²) in [7, 11) is 0. The van der Waals surface area contributed by atoms with E-state index >= 15 is 0 Å². The fourth-order valence-corrected chi connectivity index (χ4v) is 3.56. The van der Waals surface area contributed by atoms with Gasteiger partial charge in [0.15, 0.2) is 0 Å². The van der Waals surface area contributed by atoms with E-state index in [2.05, 4.69) is 20.9 Å². The van der Waals surface area contributed by atoms with Gasteiger partial charge in [0.05, 0.1) is 22.9 Å². The summed E-state index contributed by atoms with van der Waals surface area (Å²) in [6.07, 6.45) is 1.54. The second-order valence-corrected chi connectivity index (χ2v) is 7.25. The topological polar surface area (TPSA) is 76.3 Å². The summed E-state index contributed by atoms with van der Waals surface area (Å²) in [4.78, 5) is 30.5. The van der Waals surface area contributed by atoms with Gasteiger partial charge in [-0.15, -0.1) is 0 Å². The van der Waals surface area contributed by atoms with Gasteiger partial charge in [0.1, 0.15) is 0 Å². The molecule has 0 aliphatic carbocycles. The average molecular weight is 402 g/mol. The van der Waals surface area contributed by atoms with Crippen molar-refractivity contribution in [3.63, 3.8) is 0 Å². The molecule has 130 valence electrons. The zero-order chi connectivity index (χ0) is 18.0. The number of aromatic nitrogens is 1. The lowest BCUT2D eigenvalue weighted by atomic mass is 9.96. The number of aryl methyl sites for hydroxylation is 1. The number of carbonyl (C=O) groups is 2. The Hall–Kier alpha value is -2.21. The number of amides is 2. The van der Waals surface area contributed by atoms with Crippen molar-refractivity contribution in [3.8, 4) is 11.3 Å². The van der Waals surface area contributed by atoms with Crippen LogP contribution < -0.4 is 5.73 Å². The van der Waals surface area contributed by atoms with E-state index in [9.17, 15) is 9.59 Å². The van der Waals surface area contributed by atoms with Crippen LogP contribution in [-0.4, -0.2) is 34.8 Å². The fraction of sp³-hybridized carbons (Fsp3) is 0.316. The number of nitrogens with zero attached hydrogens (tertiary/aromatic N) is 2. The first-order valence-corrected chi connectivity index (χ1v) is 9.07. The number of hydrogen-bond acceptors (Lipinski definition) is 3. The van der Waals surface area contributed by atoms with Crippen LogP contribution in [0, 0.1) is 12.8 Å². The van der Waals surface area contributed by atoms with Crippen LogP contribution in [0.25, 0.3) is 11.3 Å². The number of nitrogens with two attached hydrogens (primary N) is 1. The molecule has 1 saturated heterocycles. The molecule has 1 aliphatic rings. The lowest BCUT2D eigenvalue weighted by molar-refractivity contribution is -0.123. The van der Waals surface area contributed by atoms with E-state index in [1.54, 1.807) is 4.90 Å². The van der Waals surface area contributed by atoms with Crippen molar-refractivity contribution in [2.24, 2.45) is 11.7 Å². The number of primary amides is 1. The molecule has 1 fully saturated rings. The third-order valence-corrected chi connectivity index (χ3v) is 5.04. The quantitative estimate of drug-likeness (QED) is 0.857. The van der Waals surface area contributed by atoms with Gasteiger partial charge in [0, 0.05) is 23.1 Å². The third kappa shape index (κ3) is 3.90. The molecule has 0 bridgehead atoms. The molecule has 2 aromatic rings. The van der Waals surface area contributed by atoms with E-state index < -0.39 is 0 Å². The summed E-state index contributed by atoms with van der Waals surface area (Å²) in [5.74, 6) is -0.680. The van der Waals surface area contributed by atoms with Crippen molar-refractivity contribution in [1.82, 2.24) is 9.88 Å². The van der Waals surface area contributed by atoms with Crippen molar-refractivity contribution >= 4 is 27.7 Å². The predicted molar refractivity (Wildman–Crippen MR) is 99.9 cm³/mol. The molecule has 2 amide bonds. The van der Waals surface area contributed by atoms with E-state index in [0.717, 1.165) is 28.6 Å². The molecule has 2 heterocycles. The molecule has 25 heavy (non-hydrogen) atoms. The third-order valence-electron chi connectivity index (χ3n) is 4.55. The van der Waals surface area contributed by atoms with Gasteiger partial charge in [-0.1, -0.05) is 28.1 Å². The molecule has 1 aromatic carbocycles. The van der Waals surface area contributed by atoms with Gasteiger partial charge in [-0.25, -0.2) is 0 Å². The molecule has 5 nitrogen and oxygen atoms in total. The molecule has 1 unspecified atom stereocenters. The number of benzene rings is 1. The highest BCUT2D eigenvalue weighted by atomic mass is 79.9. The smallest absolute Gasteiger partial charge is 0.255 e. The van der Waals surface area contributed by atoms with E-state index in [-0.39, 0.29) is 17.7 Å². The van der Waals surface area contributed by atoms with E-state index in [1.165, 1.54) is 0 Å². The summed E-state index contributed by atoms with van der Waals surface area (Å²) in [6.45, 7) is 2.88. The van der Waals surface area contributed by atoms with Crippen LogP contribution in [0.3, 0.4) is 0 Å². The van der Waals surface area contributed by atoms with Crippen LogP contribution in [0.2, 0.25) is 0 Å². The molecule has 1 aromatic heterocycles. The van der Waals surface area contributed by atoms with Crippen LogP contribution >= 0.6 is 15.9 Å². The van der Waals surface area contributed by atoms with Crippen LogP contribution in [0.5, 0.6) is 0 Å². The average Bonchev–Trinajstić information content (AvgIpc) is 2.61. The number of piperidine rings is 1. The van der Waals surface area contributed by atoms with E-state index in [4.69, 9.17) is 5.73 Å². The Labute approximate surface area is 155 Å². The summed E-state index contributed by atoms with van der Waals surface area (Å²) in [5, 5.41) is 0. The maximum Gasteiger partial charge on any atom is 0.255 e. The van der Waals surface area contributed by atoms with Gasteiger partial charge in [0.2, 0.25) is 5.91 Å². The molecule has 1 atom stereocenters. The summed E-state index contributed by atoms with van der Waals surface area (Å²) in [6, 6.07) is 11.6. The molecule has 0 radical (unpaired) electrons. The maximum absolute atomic E-state index is 12.8. The minimum atomic E-state index is -0.336. The Kier molecular flexibility index (Phi) is 5.18. The van der Waals surface area contributed by atoms with Crippen LogP contribution in [0.15, 0.2) is 40.9 Å². The van der Waals surface area contributed by atoms with Gasteiger partial charge in [-0.05, 0) is 44.0 Å². The first kappa shape index (κ1) is 17.6. The molecular weight excluding hydrogens is 382 g/mol. The minimum absolute atomic E-state index is 0.0863. The summed E-state index contributed by atoms with van der Waals surface area (Å²) < 4.78 is 0.982.